The summed E-state index contributed by atoms with van der Waals surface area (Å²) in [4.78, 5) is 11.1. The predicted octanol–water partition coefficient (Wildman–Crippen LogP) is 3.63. The Bertz CT molecular complexity index is 366. The van der Waals surface area contributed by atoms with Crippen molar-refractivity contribution in [1.29, 1.82) is 0 Å². The van der Waals surface area contributed by atoms with Crippen molar-refractivity contribution in [3.8, 4) is 0 Å². The molecule has 0 atom stereocenters. The number of hydrogen-bond donors (Lipinski definition) is 1. The molecule has 2 nitrogen and oxygen atoms in total. The molecular formula is C7H3Cl3O2S. The summed E-state index contributed by atoms with van der Waals surface area (Å²) in [6.45, 7) is 0. The Balaban J connectivity index is 3.19. The standard InChI is InChI=1S/C7H3Cl3O2S/c8-4-2-1-3(13-4)5(6(9)10)7(11)12/h1-2H,(H,11,12). The maximum atomic E-state index is 10.7. The van der Waals surface area contributed by atoms with Gasteiger partial charge in [0, 0.05) is 4.88 Å². The number of hydrogen-bond acceptors (Lipinski definition) is 2. The molecule has 0 fully saturated rings. The minimum Gasteiger partial charge on any atom is -0.478 e. The van der Waals surface area contributed by atoms with Crippen LogP contribution in [0.25, 0.3) is 5.57 Å². The van der Waals surface area contributed by atoms with E-state index in [-0.39, 0.29) is 10.1 Å². The van der Waals surface area contributed by atoms with Crippen molar-refractivity contribution in [2.24, 2.45) is 0 Å². The van der Waals surface area contributed by atoms with Gasteiger partial charge in [0.15, 0.2) is 0 Å². The molecule has 0 aliphatic heterocycles. The van der Waals surface area contributed by atoms with E-state index < -0.39 is 5.97 Å². The third-order valence-electron chi connectivity index (χ3n) is 1.22. The molecule has 1 N–H and O–H groups in total. The molecule has 1 rings (SSSR count). The highest BCUT2D eigenvalue weighted by Crippen LogP contribution is 2.32. The highest BCUT2D eigenvalue weighted by atomic mass is 35.5. The monoisotopic (exact) mass is 256 g/mol. The second kappa shape index (κ2) is 4.33. The van der Waals surface area contributed by atoms with Crippen LogP contribution in [0, 0.1) is 0 Å². The van der Waals surface area contributed by atoms with Gasteiger partial charge in [-0.3, -0.25) is 0 Å². The molecule has 1 aromatic rings. The van der Waals surface area contributed by atoms with E-state index in [1.807, 2.05) is 0 Å². The Morgan fingerprint density at radius 3 is 2.31 bits per heavy atom. The van der Waals surface area contributed by atoms with Gasteiger partial charge >= 0.3 is 5.97 Å². The summed E-state index contributed by atoms with van der Waals surface area (Å²) in [6, 6.07) is 3.14. The van der Waals surface area contributed by atoms with E-state index >= 15 is 0 Å². The number of rotatable bonds is 2. The second-order valence-corrected chi connectivity index (χ2v) is 4.71. The highest BCUT2D eigenvalue weighted by molar-refractivity contribution is 7.17. The van der Waals surface area contributed by atoms with Crippen LogP contribution in [0.2, 0.25) is 4.34 Å². The first-order valence-electron chi connectivity index (χ1n) is 3.06. The van der Waals surface area contributed by atoms with Gasteiger partial charge in [-0.1, -0.05) is 34.8 Å². The molecule has 0 unspecified atom stereocenters. The first-order valence-corrected chi connectivity index (χ1v) is 5.01. The minimum absolute atomic E-state index is 0.125. The number of carboxylic acid groups (broad SMARTS) is 1. The van der Waals surface area contributed by atoms with E-state index in [9.17, 15) is 4.79 Å². The molecule has 13 heavy (non-hydrogen) atoms. The molecule has 0 aromatic carbocycles. The largest absolute Gasteiger partial charge is 0.478 e. The Kier molecular flexibility index (Phi) is 3.62. The minimum atomic E-state index is -1.17. The Morgan fingerprint density at radius 1 is 1.38 bits per heavy atom. The number of halogens is 3. The van der Waals surface area contributed by atoms with Crippen molar-refractivity contribution in [2.45, 2.75) is 0 Å². The summed E-state index contributed by atoms with van der Waals surface area (Å²) in [5.41, 5.74) is -0.125. The molecule has 0 aliphatic rings. The van der Waals surface area contributed by atoms with Gasteiger partial charge in [0.25, 0.3) is 0 Å². The molecule has 0 bridgehead atoms. The summed E-state index contributed by atoms with van der Waals surface area (Å²) < 4.78 is 0.217. The lowest BCUT2D eigenvalue weighted by atomic mass is 10.2. The van der Waals surface area contributed by atoms with Crippen molar-refractivity contribution in [3.63, 3.8) is 0 Å². The van der Waals surface area contributed by atoms with Crippen molar-refractivity contribution in [1.82, 2.24) is 0 Å². The van der Waals surface area contributed by atoms with Gasteiger partial charge < -0.3 is 5.11 Å². The maximum Gasteiger partial charge on any atom is 0.339 e. The van der Waals surface area contributed by atoms with Crippen LogP contribution in [0.3, 0.4) is 0 Å². The van der Waals surface area contributed by atoms with Gasteiger partial charge in [-0.25, -0.2) is 4.79 Å². The van der Waals surface area contributed by atoms with E-state index in [1.165, 1.54) is 0 Å². The predicted molar refractivity (Wildman–Crippen MR) is 55.6 cm³/mol. The van der Waals surface area contributed by atoms with Crippen LogP contribution in [0.5, 0.6) is 0 Å². The smallest absolute Gasteiger partial charge is 0.339 e. The highest BCUT2D eigenvalue weighted by Gasteiger charge is 2.16. The fraction of sp³-hybridized carbons (Fsp3) is 0. The van der Waals surface area contributed by atoms with Crippen LogP contribution in [-0.4, -0.2) is 11.1 Å². The Labute approximate surface area is 93.3 Å². The topological polar surface area (TPSA) is 37.3 Å². The van der Waals surface area contributed by atoms with E-state index in [4.69, 9.17) is 39.9 Å². The summed E-state index contributed by atoms with van der Waals surface area (Å²) in [5, 5.41) is 8.74. The molecule has 0 saturated carbocycles. The molecule has 6 heteroatoms. The fourth-order valence-electron chi connectivity index (χ4n) is 0.728. The average molecular weight is 258 g/mol. The van der Waals surface area contributed by atoms with Crippen molar-refractivity contribution < 1.29 is 9.90 Å². The van der Waals surface area contributed by atoms with E-state index in [1.54, 1.807) is 12.1 Å². The normalized spacial score (nSPS) is 9.77. The van der Waals surface area contributed by atoms with Crippen LogP contribution in [0.15, 0.2) is 16.6 Å². The quantitative estimate of drug-likeness (QED) is 0.822. The fourth-order valence-corrected chi connectivity index (χ4v) is 2.29. The average Bonchev–Trinajstić information content (AvgIpc) is 2.34. The van der Waals surface area contributed by atoms with Gasteiger partial charge in [-0.05, 0) is 12.1 Å². The lowest BCUT2D eigenvalue weighted by molar-refractivity contribution is -0.130. The SMILES string of the molecule is O=C(O)C(=C(Cl)Cl)c1ccc(Cl)s1. The van der Waals surface area contributed by atoms with Gasteiger partial charge in [0.1, 0.15) is 10.1 Å². The molecule has 70 valence electrons. The third-order valence-corrected chi connectivity index (χ3v) is 2.85. The third kappa shape index (κ3) is 2.61. The molecular weight excluding hydrogens is 255 g/mol. The van der Waals surface area contributed by atoms with Gasteiger partial charge in [0.05, 0.1) is 4.34 Å². The van der Waals surface area contributed by atoms with E-state index in [0.717, 1.165) is 11.3 Å². The van der Waals surface area contributed by atoms with E-state index in [2.05, 4.69) is 0 Å². The molecule has 0 amide bonds. The summed E-state index contributed by atoms with van der Waals surface area (Å²) in [5.74, 6) is -1.17. The van der Waals surface area contributed by atoms with Gasteiger partial charge in [-0.15, -0.1) is 11.3 Å². The van der Waals surface area contributed by atoms with Crippen LogP contribution in [0.1, 0.15) is 4.88 Å². The van der Waals surface area contributed by atoms with Gasteiger partial charge in [0.2, 0.25) is 0 Å². The summed E-state index contributed by atoms with van der Waals surface area (Å²) >= 11 is 17.6. The van der Waals surface area contributed by atoms with Gasteiger partial charge in [-0.2, -0.15) is 0 Å². The van der Waals surface area contributed by atoms with Crippen molar-refractivity contribution in [3.05, 3.63) is 25.8 Å². The van der Waals surface area contributed by atoms with E-state index in [0.29, 0.717) is 9.21 Å². The zero-order valence-corrected chi connectivity index (χ0v) is 9.14. The number of aliphatic carboxylic acids is 1. The molecule has 1 aromatic heterocycles. The molecule has 0 radical (unpaired) electrons. The maximum absolute atomic E-state index is 10.7. The molecule has 0 spiro atoms. The zero-order chi connectivity index (χ0) is 10.0. The Morgan fingerprint density at radius 2 is 2.00 bits per heavy atom. The van der Waals surface area contributed by atoms with Crippen LogP contribution < -0.4 is 0 Å². The Hall–Kier alpha value is -0.220. The number of carboxylic acids is 1. The lowest BCUT2D eigenvalue weighted by Gasteiger charge is -1.96. The number of carbonyl (C=O) groups is 1. The van der Waals surface area contributed by atoms with Crippen molar-refractivity contribution >= 4 is 57.7 Å². The summed E-state index contributed by atoms with van der Waals surface area (Å²) in [7, 11) is 0. The van der Waals surface area contributed by atoms with Crippen molar-refractivity contribution in [2.75, 3.05) is 0 Å². The molecule has 0 aliphatic carbocycles. The lowest BCUT2D eigenvalue weighted by Crippen LogP contribution is -1.98. The second-order valence-electron chi connectivity index (χ2n) is 2.04. The molecule has 0 saturated heterocycles. The molecule has 1 heterocycles. The van der Waals surface area contributed by atoms with Crippen LogP contribution in [-0.2, 0) is 4.79 Å². The van der Waals surface area contributed by atoms with Crippen LogP contribution in [0.4, 0.5) is 0 Å². The first kappa shape index (κ1) is 10.9. The first-order chi connectivity index (χ1) is 6.02. The summed E-state index contributed by atoms with van der Waals surface area (Å²) in [6.07, 6.45) is 0. The zero-order valence-electron chi connectivity index (χ0n) is 6.05. The number of thiophene rings is 1. The van der Waals surface area contributed by atoms with Crippen LogP contribution >= 0.6 is 46.1 Å².